The van der Waals surface area contributed by atoms with E-state index in [0.29, 0.717) is 41.0 Å². The van der Waals surface area contributed by atoms with Gasteiger partial charge in [0.25, 0.3) is 0 Å². The van der Waals surface area contributed by atoms with Crippen molar-refractivity contribution in [2.75, 3.05) is 32.8 Å². The van der Waals surface area contributed by atoms with Gasteiger partial charge in [0, 0.05) is 43.0 Å². The zero-order valence-electron chi connectivity index (χ0n) is 20.7. The molecule has 190 valence electrons. The third kappa shape index (κ3) is 5.33. The number of nitrogens with zero attached hydrogens (tertiary/aromatic N) is 7. The highest BCUT2D eigenvalue weighted by Crippen LogP contribution is 2.39. The van der Waals surface area contributed by atoms with Crippen LogP contribution in [-0.4, -0.2) is 72.7 Å². The van der Waals surface area contributed by atoms with E-state index in [4.69, 9.17) is 10.00 Å². The number of hydrogen-bond donors (Lipinski definition) is 2. The Labute approximate surface area is 215 Å². The van der Waals surface area contributed by atoms with Crippen molar-refractivity contribution in [3.05, 3.63) is 65.5 Å². The second-order valence-corrected chi connectivity index (χ2v) is 9.05. The van der Waals surface area contributed by atoms with Gasteiger partial charge in [-0.25, -0.2) is 4.68 Å². The van der Waals surface area contributed by atoms with Crippen molar-refractivity contribution in [3.63, 3.8) is 0 Å². The Hall–Kier alpha value is -4.20. The molecule has 5 rings (SSSR count). The van der Waals surface area contributed by atoms with Crippen molar-refractivity contribution >= 4 is 0 Å². The number of aryl methyl sites for hydroxylation is 1. The second kappa shape index (κ2) is 10.8. The third-order valence-corrected chi connectivity index (χ3v) is 6.64. The summed E-state index contributed by atoms with van der Waals surface area (Å²) in [5.74, 6) is -0.0210. The van der Waals surface area contributed by atoms with Crippen LogP contribution in [0.25, 0.3) is 22.5 Å². The topological polar surface area (TPSA) is 125 Å². The van der Waals surface area contributed by atoms with Crippen molar-refractivity contribution in [2.45, 2.75) is 26.4 Å². The molecule has 0 bridgehead atoms. The van der Waals surface area contributed by atoms with Crippen molar-refractivity contribution < 1.29 is 14.9 Å². The molecule has 1 fully saturated rings. The van der Waals surface area contributed by atoms with Gasteiger partial charge in [-0.15, -0.1) is 5.10 Å². The van der Waals surface area contributed by atoms with Gasteiger partial charge in [0.1, 0.15) is 22.9 Å². The van der Waals surface area contributed by atoms with Crippen LogP contribution in [0.3, 0.4) is 0 Å². The fourth-order valence-electron chi connectivity index (χ4n) is 4.52. The average molecular weight is 500 g/mol. The molecule has 2 aromatic carbocycles. The largest absolute Gasteiger partial charge is 0.508 e. The molecule has 10 nitrogen and oxygen atoms in total. The van der Waals surface area contributed by atoms with Gasteiger partial charge in [-0.1, -0.05) is 24.3 Å². The maximum absolute atomic E-state index is 10.7. The lowest BCUT2D eigenvalue weighted by atomic mass is 10.0. The summed E-state index contributed by atoms with van der Waals surface area (Å²) in [6.45, 7) is 7.31. The van der Waals surface area contributed by atoms with E-state index in [0.717, 1.165) is 50.5 Å². The SMILES string of the molecule is CCc1cc(-c2nnn(Cc3ccc(C#N)cc3)c2-c2cnn(CCN3CCOCC3)c2)c(O)cc1O. The maximum atomic E-state index is 10.7. The van der Waals surface area contributed by atoms with E-state index < -0.39 is 0 Å². The molecule has 3 heterocycles. The van der Waals surface area contributed by atoms with Crippen LogP contribution in [0.5, 0.6) is 11.5 Å². The molecule has 0 atom stereocenters. The maximum Gasteiger partial charge on any atom is 0.128 e. The summed E-state index contributed by atoms with van der Waals surface area (Å²) in [7, 11) is 0. The number of phenols is 2. The highest BCUT2D eigenvalue weighted by atomic mass is 16.5. The van der Waals surface area contributed by atoms with Gasteiger partial charge in [0.05, 0.1) is 44.1 Å². The molecule has 0 spiro atoms. The standard InChI is InChI=1S/C27H29N7O3/c1-2-21-13-23(25(36)14-24(21)35)26-27(34(31-30-26)17-20-5-3-19(15-28)4-6-20)22-16-29-33(18-22)8-7-32-9-11-37-12-10-32/h3-6,13-14,16,18,35-36H,2,7-12,17H2,1H3. The molecular formula is C27H29N7O3. The van der Waals surface area contributed by atoms with Crippen molar-refractivity contribution in [1.29, 1.82) is 5.26 Å². The Morgan fingerprint density at radius 3 is 2.57 bits per heavy atom. The minimum absolute atomic E-state index is 0.0474. The number of rotatable bonds is 8. The van der Waals surface area contributed by atoms with E-state index >= 15 is 0 Å². The Morgan fingerprint density at radius 2 is 1.84 bits per heavy atom. The molecule has 2 N–H and O–H groups in total. The predicted molar refractivity (Wildman–Crippen MR) is 137 cm³/mol. The van der Waals surface area contributed by atoms with Gasteiger partial charge in [0.2, 0.25) is 0 Å². The first-order valence-corrected chi connectivity index (χ1v) is 12.4. The summed E-state index contributed by atoms with van der Waals surface area (Å²) in [5, 5.41) is 43.5. The molecule has 0 radical (unpaired) electrons. The third-order valence-electron chi connectivity index (χ3n) is 6.64. The number of morpholine rings is 1. The quantitative estimate of drug-likeness (QED) is 0.379. The van der Waals surface area contributed by atoms with Gasteiger partial charge in [0.15, 0.2) is 0 Å². The van der Waals surface area contributed by atoms with Crippen LogP contribution >= 0.6 is 0 Å². The van der Waals surface area contributed by atoms with E-state index in [2.05, 4.69) is 26.4 Å². The Balaban J connectivity index is 1.51. The van der Waals surface area contributed by atoms with Gasteiger partial charge in [-0.2, -0.15) is 10.4 Å². The minimum atomic E-state index is -0.0684. The predicted octanol–water partition coefficient (Wildman–Crippen LogP) is 3.03. The van der Waals surface area contributed by atoms with E-state index in [1.807, 2.05) is 29.9 Å². The Morgan fingerprint density at radius 1 is 1.05 bits per heavy atom. The Kier molecular flexibility index (Phi) is 7.16. The molecule has 10 heteroatoms. The molecule has 4 aromatic rings. The van der Waals surface area contributed by atoms with E-state index in [9.17, 15) is 10.2 Å². The number of hydrogen-bond acceptors (Lipinski definition) is 8. The normalized spacial score (nSPS) is 14.1. The van der Waals surface area contributed by atoms with Gasteiger partial charge in [-0.05, 0) is 35.7 Å². The second-order valence-electron chi connectivity index (χ2n) is 9.05. The smallest absolute Gasteiger partial charge is 0.128 e. The first-order valence-electron chi connectivity index (χ1n) is 12.4. The van der Waals surface area contributed by atoms with Crippen molar-refractivity contribution in [1.82, 2.24) is 29.7 Å². The number of ether oxygens (including phenoxy) is 1. The summed E-state index contributed by atoms with van der Waals surface area (Å²) in [5.41, 5.74) is 4.80. The molecule has 0 unspecified atom stereocenters. The highest BCUT2D eigenvalue weighted by molar-refractivity contribution is 5.81. The first kappa shape index (κ1) is 24.5. The average Bonchev–Trinajstić information content (AvgIpc) is 3.55. The van der Waals surface area contributed by atoms with E-state index in [-0.39, 0.29) is 11.5 Å². The van der Waals surface area contributed by atoms with Crippen LogP contribution in [0.15, 0.2) is 48.8 Å². The van der Waals surface area contributed by atoms with Crippen molar-refractivity contribution in [2.24, 2.45) is 0 Å². The lowest BCUT2D eigenvalue weighted by Crippen LogP contribution is -2.38. The number of nitriles is 1. The molecule has 0 saturated carbocycles. The van der Waals surface area contributed by atoms with E-state index in [1.54, 1.807) is 29.1 Å². The zero-order valence-corrected chi connectivity index (χ0v) is 20.7. The molecule has 1 aliphatic rings. The fourth-order valence-corrected chi connectivity index (χ4v) is 4.52. The van der Waals surface area contributed by atoms with Gasteiger partial charge in [-0.3, -0.25) is 9.58 Å². The number of aromatic nitrogens is 5. The minimum Gasteiger partial charge on any atom is -0.508 e. The van der Waals surface area contributed by atoms with Crippen LogP contribution in [0.1, 0.15) is 23.6 Å². The Bertz CT molecular complexity index is 1410. The summed E-state index contributed by atoms with van der Waals surface area (Å²) < 4.78 is 9.12. The fraction of sp³-hybridized carbons (Fsp3) is 0.333. The van der Waals surface area contributed by atoms with Crippen LogP contribution in [0, 0.1) is 11.3 Å². The van der Waals surface area contributed by atoms with E-state index in [1.165, 1.54) is 6.07 Å². The molecule has 2 aromatic heterocycles. The summed E-state index contributed by atoms with van der Waals surface area (Å²) in [4.78, 5) is 2.35. The van der Waals surface area contributed by atoms with Crippen molar-refractivity contribution in [3.8, 4) is 40.1 Å². The molecule has 1 saturated heterocycles. The molecule has 37 heavy (non-hydrogen) atoms. The summed E-state index contributed by atoms with van der Waals surface area (Å²) in [6.07, 6.45) is 4.36. The molecule has 0 amide bonds. The highest BCUT2D eigenvalue weighted by Gasteiger charge is 2.22. The van der Waals surface area contributed by atoms with Crippen LogP contribution < -0.4 is 0 Å². The summed E-state index contributed by atoms with van der Waals surface area (Å²) in [6, 6.07) is 12.6. The molecular weight excluding hydrogens is 470 g/mol. The summed E-state index contributed by atoms with van der Waals surface area (Å²) >= 11 is 0. The van der Waals surface area contributed by atoms with Gasteiger partial charge < -0.3 is 14.9 Å². The first-order chi connectivity index (χ1) is 18.1. The lowest BCUT2D eigenvalue weighted by molar-refractivity contribution is 0.0360. The number of benzene rings is 2. The number of aromatic hydroxyl groups is 2. The lowest BCUT2D eigenvalue weighted by Gasteiger charge is -2.26. The van der Waals surface area contributed by atoms with Crippen LogP contribution in [0.4, 0.5) is 0 Å². The molecule has 1 aliphatic heterocycles. The van der Waals surface area contributed by atoms with Crippen LogP contribution in [0.2, 0.25) is 0 Å². The number of phenolic OH excluding ortho intramolecular Hbond substituents is 2. The van der Waals surface area contributed by atoms with Gasteiger partial charge >= 0.3 is 0 Å². The molecule has 0 aliphatic carbocycles. The zero-order chi connectivity index (χ0) is 25.8. The monoisotopic (exact) mass is 499 g/mol. The van der Waals surface area contributed by atoms with Crippen LogP contribution in [-0.2, 0) is 24.2 Å².